The van der Waals surface area contributed by atoms with Crippen molar-refractivity contribution in [2.75, 3.05) is 44.3 Å². The third kappa shape index (κ3) is 4.77. The highest BCUT2D eigenvalue weighted by Crippen LogP contribution is 2.44. The van der Waals surface area contributed by atoms with Crippen molar-refractivity contribution in [3.8, 4) is 0 Å². The van der Waals surface area contributed by atoms with E-state index < -0.39 is 5.54 Å². The summed E-state index contributed by atoms with van der Waals surface area (Å²) >= 11 is 9.09. The van der Waals surface area contributed by atoms with Gasteiger partial charge in [-0.2, -0.15) is 11.3 Å². The average molecular weight is 554 g/mol. The van der Waals surface area contributed by atoms with Crippen LogP contribution in [0.3, 0.4) is 0 Å². The van der Waals surface area contributed by atoms with Crippen molar-refractivity contribution in [1.29, 1.82) is 0 Å². The molecule has 2 saturated heterocycles. The quantitative estimate of drug-likeness (QED) is 0.435. The Labute approximate surface area is 229 Å². The summed E-state index contributed by atoms with van der Waals surface area (Å²) in [5.74, 6) is -0.236. The molecule has 0 saturated carbocycles. The molecule has 9 heteroatoms. The number of halogens is 1. The Kier molecular flexibility index (Phi) is 6.94. The molecule has 6 nitrogen and oxygen atoms in total. The molecule has 6 rings (SSSR count). The standard InChI is InChI=1S/C28H28ClN3O3S2/c29-23-3-1-2-4-25(23)37-26-24(33)15-28(30-27(26)34,20-9-14-36-18-20)19-5-7-21(8-6-19)31-10-12-32(13-11-31)22-16-35-17-22/h1-9,14,18,22,33H,10-13,15-17H2,(H,30,34). The molecule has 1 amide bonds. The van der Waals surface area contributed by atoms with Crippen LogP contribution in [0.15, 0.2) is 80.9 Å². The van der Waals surface area contributed by atoms with E-state index in [1.807, 2.05) is 35.0 Å². The van der Waals surface area contributed by atoms with Gasteiger partial charge in [0.25, 0.3) is 5.91 Å². The van der Waals surface area contributed by atoms with E-state index in [0.29, 0.717) is 11.1 Å². The van der Waals surface area contributed by atoms with E-state index in [0.717, 1.165) is 55.4 Å². The second kappa shape index (κ2) is 10.3. The highest BCUT2D eigenvalue weighted by molar-refractivity contribution is 8.04. The zero-order valence-electron chi connectivity index (χ0n) is 20.2. The molecule has 1 unspecified atom stereocenters. The lowest BCUT2D eigenvalue weighted by atomic mass is 9.79. The lowest BCUT2D eigenvalue weighted by Crippen LogP contribution is -2.56. The number of aliphatic hydroxyl groups excluding tert-OH is 1. The molecule has 2 aromatic carbocycles. The predicted octanol–water partition coefficient (Wildman–Crippen LogP) is 5.25. The van der Waals surface area contributed by atoms with Crippen LogP contribution in [0.4, 0.5) is 5.69 Å². The first-order valence-electron chi connectivity index (χ1n) is 12.4. The lowest BCUT2D eigenvalue weighted by Gasteiger charge is -2.43. The number of piperazine rings is 1. The minimum absolute atomic E-state index is 0.0695. The van der Waals surface area contributed by atoms with Crippen LogP contribution in [0.2, 0.25) is 5.02 Å². The minimum Gasteiger partial charge on any atom is -0.511 e. The molecule has 2 N–H and O–H groups in total. The summed E-state index contributed by atoms with van der Waals surface area (Å²) in [5.41, 5.74) is 2.24. The number of carbonyl (C=O) groups is 1. The molecule has 0 radical (unpaired) electrons. The second-order valence-electron chi connectivity index (χ2n) is 9.62. The first-order chi connectivity index (χ1) is 18.0. The van der Waals surface area contributed by atoms with Crippen LogP contribution in [0.5, 0.6) is 0 Å². The Balaban J connectivity index is 1.26. The van der Waals surface area contributed by atoms with Gasteiger partial charge in [-0.25, -0.2) is 0 Å². The first kappa shape index (κ1) is 24.8. The van der Waals surface area contributed by atoms with Gasteiger partial charge in [-0.05, 0) is 52.2 Å². The summed E-state index contributed by atoms with van der Waals surface area (Å²) in [5, 5.41) is 19.0. The molecule has 37 heavy (non-hydrogen) atoms. The number of hydrogen-bond donors (Lipinski definition) is 2. The summed E-state index contributed by atoms with van der Waals surface area (Å²) in [6.45, 7) is 5.74. The summed E-state index contributed by atoms with van der Waals surface area (Å²) in [6, 6.07) is 18.4. The monoisotopic (exact) mass is 553 g/mol. The van der Waals surface area contributed by atoms with E-state index in [9.17, 15) is 9.90 Å². The third-order valence-corrected chi connectivity index (χ3v) is 9.79. The molecule has 0 bridgehead atoms. The normalized spacial score (nSPS) is 23.2. The molecule has 0 aliphatic carbocycles. The molecule has 3 aromatic rings. The average Bonchev–Trinajstić information content (AvgIpc) is 3.43. The zero-order chi connectivity index (χ0) is 25.4. The van der Waals surface area contributed by atoms with Gasteiger partial charge in [0.1, 0.15) is 10.7 Å². The fraction of sp³-hybridized carbons (Fsp3) is 0.321. The van der Waals surface area contributed by atoms with Crippen LogP contribution in [0, 0.1) is 0 Å². The molecule has 2 fully saturated rings. The van der Waals surface area contributed by atoms with Crippen molar-refractivity contribution in [2.45, 2.75) is 22.9 Å². The molecule has 192 valence electrons. The maximum atomic E-state index is 13.4. The number of amides is 1. The number of nitrogens with one attached hydrogen (secondary N) is 1. The van der Waals surface area contributed by atoms with Gasteiger partial charge in [0.05, 0.1) is 29.8 Å². The smallest absolute Gasteiger partial charge is 0.262 e. The van der Waals surface area contributed by atoms with Crippen LogP contribution in [0.1, 0.15) is 17.5 Å². The molecule has 3 aliphatic heterocycles. The van der Waals surface area contributed by atoms with Gasteiger partial charge in [-0.15, -0.1) is 0 Å². The number of ether oxygens (including phenoxy) is 1. The SMILES string of the molecule is O=C1NC(c2ccc(N3CCN(C4COC4)CC3)cc2)(c2ccsc2)CC(O)=C1Sc1ccccc1Cl. The Hall–Kier alpha value is -2.49. The van der Waals surface area contributed by atoms with Crippen molar-refractivity contribution in [1.82, 2.24) is 10.2 Å². The summed E-state index contributed by atoms with van der Waals surface area (Å²) in [6.07, 6.45) is 0.268. The van der Waals surface area contributed by atoms with E-state index in [-0.39, 0.29) is 23.0 Å². The van der Waals surface area contributed by atoms with Gasteiger partial charge in [0.2, 0.25) is 0 Å². The lowest BCUT2D eigenvalue weighted by molar-refractivity contribution is -0.119. The van der Waals surface area contributed by atoms with Crippen molar-refractivity contribution < 1.29 is 14.6 Å². The maximum absolute atomic E-state index is 13.4. The number of thioether (sulfide) groups is 1. The predicted molar refractivity (Wildman–Crippen MR) is 150 cm³/mol. The van der Waals surface area contributed by atoms with Crippen molar-refractivity contribution >= 4 is 46.3 Å². The van der Waals surface area contributed by atoms with Crippen LogP contribution < -0.4 is 10.2 Å². The van der Waals surface area contributed by atoms with E-state index >= 15 is 0 Å². The summed E-state index contributed by atoms with van der Waals surface area (Å²) in [7, 11) is 0. The van der Waals surface area contributed by atoms with Gasteiger partial charge in [0, 0.05) is 43.2 Å². The Morgan fingerprint density at radius 3 is 2.41 bits per heavy atom. The number of aliphatic hydroxyl groups is 1. The topological polar surface area (TPSA) is 65.0 Å². The van der Waals surface area contributed by atoms with Crippen LogP contribution in [0.25, 0.3) is 0 Å². The number of nitrogens with zero attached hydrogens (tertiary/aromatic N) is 2. The second-order valence-corrected chi connectivity index (χ2v) is 11.9. The summed E-state index contributed by atoms with van der Waals surface area (Å²) < 4.78 is 5.35. The van der Waals surface area contributed by atoms with Gasteiger partial charge >= 0.3 is 0 Å². The maximum Gasteiger partial charge on any atom is 0.262 e. The fourth-order valence-corrected chi connectivity index (χ4v) is 7.11. The van der Waals surface area contributed by atoms with Gasteiger partial charge < -0.3 is 20.1 Å². The van der Waals surface area contributed by atoms with Crippen LogP contribution in [-0.4, -0.2) is 61.3 Å². The zero-order valence-corrected chi connectivity index (χ0v) is 22.6. The van der Waals surface area contributed by atoms with Crippen molar-refractivity contribution in [3.05, 3.63) is 92.2 Å². The number of anilines is 1. The van der Waals surface area contributed by atoms with E-state index in [1.54, 1.807) is 17.4 Å². The number of benzene rings is 2. The van der Waals surface area contributed by atoms with Crippen LogP contribution >= 0.6 is 34.7 Å². The van der Waals surface area contributed by atoms with Crippen molar-refractivity contribution in [3.63, 3.8) is 0 Å². The Bertz CT molecular complexity index is 1300. The highest BCUT2D eigenvalue weighted by atomic mass is 35.5. The molecule has 3 aliphatic rings. The number of rotatable bonds is 6. The van der Waals surface area contributed by atoms with E-state index in [2.05, 4.69) is 39.4 Å². The fourth-order valence-electron chi connectivity index (χ4n) is 5.26. The third-order valence-electron chi connectivity index (χ3n) is 7.47. The largest absolute Gasteiger partial charge is 0.511 e. The minimum atomic E-state index is -0.840. The van der Waals surface area contributed by atoms with E-state index in [1.165, 1.54) is 17.4 Å². The Morgan fingerprint density at radius 2 is 1.78 bits per heavy atom. The van der Waals surface area contributed by atoms with Crippen LogP contribution in [-0.2, 0) is 15.1 Å². The summed E-state index contributed by atoms with van der Waals surface area (Å²) in [4.78, 5) is 19.4. The molecule has 4 heterocycles. The van der Waals surface area contributed by atoms with Gasteiger partial charge in [-0.3, -0.25) is 9.69 Å². The van der Waals surface area contributed by atoms with E-state index in [4.69, 9.17) is 16.3 Å². The van der Waals surface area contributed by atoms with Gasteiger partial charge in [-0.1, -0.05) is 47.6 Å². The number of carbonyl (C=O) groups excluding carboxylic acids is 1. The molecule has 0 spiro atoms. The highest BCUT2D eigenvalue weighted by Gasteiger charge is 2.43. The Morgan fingerprint density at radius 1 is 1.03 bits per heavy atom. The molecular weight excluding hydrogens is 526 g/mol. The number of thiophene rings is 1. The van der Waals surface area contributed by atoms with Gasteiger partial charge in [0.15, 0.2) is 0 Å². The first-order valence-corrected chi connectivity index (χ1v) is 14.5. The molecular formula is C28H28ClN3O3S2. The molecule has 1 atom stereocenters. The van der Waals surface area contributed by atoms with Crippen molar-refractivity contribution in [2.24, 2.45) is 0 Å². The number of hydrogen-bond acceptors (Lipinski definition) is 7. The molecule has 1 aromatic heterocycles.